The van der Waals surface area contributed by atoms with E-state index in [1.54, 1.807) is 0 Å². The van der Waals surface area contributed by atoms with E-state index in [0.29, 0.717) is 0 Å². The van der Waals surface area contributed by atoms with Crippen LogP contribution in [0.5, 0.6) is 0 Å². The van der Waals surface area contributed by atoms with Gasteiger partial charge in [0.05, 0.1) is 0 Å². The van der Waals surface area contributed by atoms with E-state index in [9.17, 15) is 0 Å². The second kappa shape index (κ2) is 14.2. The zero-order valence-corrected chi connectivity index (χ0v) is 24.0. The van der Waals surface area contributed by atoms with Gasteiger partial charge in [-0.3, -0.25) is 0 Å². The topological polar surface area (TPSA) is 0 Å². The van der Waals surface area contributed by atoms with Gasteiger partial charge in [0.1, 0.15) is 0 Å². The monoisotopic (exact) mass is 544 g/mol. The van der Waals surface area contributed by atoms with Gasteiger partial charge in [-0.15, -0.1) is 5.56 Å². The van der Waals surface area contributed by atoms with Crippen LogP contribution in [-0.2, 0) is 33.6 Å². The summed E-state index contributed by atoms with van der Waals surface area (Å²) in [6, 6.07) is 34.2. The summed E-state index contributed by atoms with van der Waals surface area (Å²) in [7, 11) is 0. The van der Waals surface area contributed by atoms with Crippen LogP contribution in [0.15, 0.2) is 91.0 Å². The molecule has 0 aliphatic heterocycles. The van der Waals surface area contributed by atoms with Crippen LogP contribution in [0.1, 0.15) is 57.9 Å². The van der Waals surface area contributed by atoms with E-state index in [1.165, 1.54) is 44.5 Å². The molecule has 0 aromatic heterocycles. The Morgan fingerprint density at radius 1 is 0.647 bits per heavy atom. The summed E-state index contributed by atoms with van der Waals surface area (Å²) < 4.78 is 0. The minimum absolute atomic E-state index is 0. The molecule has 0 saturated carbocycles. The van der Waals surface area contributed by atoms with E-state index in [4.69, 9.17) is 0 Å². The van der Waals surface area contributed by atoms with Gasteiger partial charge in [-0.1, -0.05) is 109 Å². The predicted octanol–water partition coefficient (Wildman–Crippen LogP) is -1.32. The Hall–Kier alpha value is -1.41. The van der Waals surface area contributed by atoms with Crippen LogP contribution < -0.4 is 37.2 Å². The molecule has 0 atom stereocenters. The zero-order valence-electron chi connectivity index (χ0n) is 20.2. The van der Waals surface area contributed by atoms with Crippen LogP contribution in [0.4, 0.5) is 0 Å². The molecule has 176 valence electrons. The first kappa shape index (κ1) is 32.6. The molecule has 0 nitrogen and oxygen atoms in total. The molecular weight excluding hydrogens is 515 g/mol. The average Bonchev–Trinajstić information content (AvgIpc) is 3.18. The summed E-state index contributed by atoms with van der Waals surface area (Å²) in [5, 5.41) is 0. The second-order valence-corrected chi connectivity index (χ2v) is 8.62. The van der Waals surface area contributed by atoms with Gasteiger partial charge in [0.2, 0.25) is 0 Å². The Kier molecular flexibility index (Phi) is 13.6. The maximum atomic E-state index is 2.43. The molecule has 0 bridgehead atoms. The molecule has 0 heterocycles. The van der Waals surface area contributed by atoms with Gasteiger partial charge in [0.15, 0.2) is 0 Å². The normalized spacial score (nSPS) is 10.2. The summed E-state index contributed by atoms with van der Waals surface area (Å²) >= 11 is 0. The SMILES string of the molecule is CCCc1cc[c-](C(c2cccc(C)c2)(c2cccc(C)c2)c2cccc(C)c2)c1.[Cl-].[Cl-].[Cl-].[Ti+4]. The molecule has 0 aliphatic carbocycles. The fraction of sp³-hybridized carbons (Fsp3) is 0.233. The predicted molar refractivity (Wildman–Crippen MR) is 129 cm³/mol. The van der Waals surface area contributed by atoms with E-state index in [1.807, 2.05) is 0 Å². The van der Waals surface area contributed by atoms with Crippen molar-refractivity contribution in [3.63, 3.8) is 0 Å². The molecule has 0 aliphatic rings. The first-order chi connectivity index (χ1) is 14.5. The van der Waals surface area contributed by atoms with Crippen molar-refractivity contribution in [2.45, 2.75) is 46.0 Å². The summed E-state index contributed by atoms with van der Waals surface area (Å²) in [5.74, 6) is 0. The molecule has 34 heavy (non-hydrogen) atoms. The third-order valence-corrected chi connectivity index (χ3v) is 6.14. The third-order valence-electron chi connectivity index (χ3n) is 6.14. The zero-order chi connectivity index (χ0) is 21.1. The Bertz CT molecular complexity index is 1050. The van der Waals surface area contributed by atoms with Crippen molar-refractivity contribution >= 4 is 0 Å². The first-order valence-corrected chi connectivity index (χ1v) is 11.0. The van der Waals surface area contributed by atoms with Gasteiger partial charge < -0.3 is 37.2 Å². The standard InChI is InChI=1S/C30H31.3ClH.Ti/c1-5-9-25-16-17-29(21-25)30(26-13-6-10-22(2)18-26,27-14-7-11-23(3)19-27)28-15-8-12-24(4)20-28;;;;/h6-8,10-21H,5,9H2,1-4H3;3*1H;/q-1;;;;+4/p-3. The molecule has 0 saturated heterocycles. The van der Waals surface area contributed by atoms with E-state index >= 15 is 0 Å². The van der Waals surface area contributed by atoms with Gasteiger partial charge in [0, 0.05) is 5.41 Å². The van der Waals surface area contributed by atoms with E-state index < -0.39 is 0 Å². The molecular formula is C30H31Cl3Ti. The number of benzene rings is 3. The van der Waals surface area contributed by atoms with E-state index in [2.05, 4.69) is 119 Å². The molecule has 4 aromatic rings. The maximum Gasteiger partial charge on any atom is 4.00 e. The van der Waals surface area contributed by atoms with Crippen LogP contribution in [0.2, 0.25) is 0 Å². The van der Waals surface area contributed by atoms with Crippen molar-refractivity contribution in [2.75, 3.05) is 0 Å². The minimum Gasteiger partial charge on any atom is -1.00 e. The van der Waals surface area contributed by atoms with Gasteiger partial charge in [-0.05, 0) is 37.5 Å². The van der Waals surface area contributed by atoms with Crippen LogP contribution in [-0.4, -0.2) is 0 Å². The van der Waals surface area contributed by atoms with Crippen molar-refractivity contribution < 1.29 is 58.9 Å². The molecule has 0 amide bonds. The largest absolute Gasteiger partial charge is 4.00 e. The van der Waals surface area contributed by atoms with Crippen LogP contribution >= 0.6 is 0 Å². The molecule has 0 spiro atoms. The summed E-state index contributed by atoms with van der Waals surface area (Å²) in [5.41, 5.74) is 10.3. The van der Waals surface area contributed by atoms with Crippen molar-refractivity contribution in [2.24, 2.45) is 0 Å². The quantitative estimate of drug-likeness (QED) is 0.160. The smallest absolute Gasteiger partial charge is 1.00 e. The molecule has 0 N–H and O–H groups in total. The van der Waals surface area contributed by atoms with Crippen molar-refractivity contribution in [1.82, 2.24) is 0 Å². The maximum absolute atomic E-state index is 2.43. The molecule has 4 rings (SSSR count). The Labute approximate surface area is 239 Å². The van der Waals surface area contributed by atoms with Crippen molar-refractivity contribution in [3.05, 3.63) is 136 Å². The number of hydrogen-bond donors (Lipinski definition) is 0. The van der Waals surface area contributed by atoms with E-state index in [0.717, 1.165) is 12.8 Å². The number of aryl methyl sites for hydroxylation is 4. The van der Waals surface area contributed by atoms with Gasteiger partial charge in [-0.2, -0.15) is 17.7 Å². The first-order valence-electron chi connectivity index (χ1n) is 11.0. The molecule has 4 heteroatoms. The van der Waals surface area contributed by atoms with Gasteiger partial charge in [0.25, 0.3) is 0 Å². The van der Waals surface area contributed by atoms with Crippen LogP contribution in [0.25, 0.3) is 0 Å². The number of hydrogen-bond acceptors (Lipinski definition) is 0. The van der Waals surface area contributed by atoms with Crippen molar-refractivity contribution in [1.29, 1.82) is 0 Å². The van der Waals surface area contributed by atoms with Crippen molar-refractivity contribution in [3.8, 4) is 0 Å². The molecule has 0 fully saturated rings. The van der Waals surface area contributed by atoms with Gasteiger partial charge >= 0.3 is 21.7 Å². The molecule has 4 aromatic carbocycles. The minimum atomic E-state index is -0.337. The number of halogens is 3. The summed E-state index contributed by atoms with van der Waals surface area (Å²) in [4.78, 5) is 0. The van der Waals surface area contributed by atoms with Crippen LogP contribution in [0.3, 0.4) is 0 Å². The summed E-state index contributed by atoms with van der Waals surface area (Å²) in [6.07, 6.45) is 2.28. The number of rotatable bonds is 6. The fourth-order valence-corrected chi connectivity index (χ4v) is 4.81. The van der Waals surface area contributed by atoms with E-state index in [-0.39, 0.29) is 64.4 Å². The Morgan fingerprint density at radius 2 is 1.06 bits per heavy atom. The van der Waals surface area contributed by atoms with Gasteiger partial charge in [-0.25, -0.2) is 6.07 Å². The third kappa shape index (κ3) is 6.42. The van der Waals surface area contributed by atoms with Crippen LogP contribution in [0, 0.1) is 20.8 Å². The fourth-order valence-electron chi connectivity index (χ4n) is 4.81. The Balaban J connectivity index is 0.00000272. The molecule has 0 radical (unpaired) electrons. The summed E-state index contributed by atoms with van der Waals surface area (Å²) in [6.45, 7) is 8.82. The second-order valence-electron chi connectivity index (χ2n) is 8.62. The average molecular weight is 546 g/mol. The Morgan fingerprint density at radius 3 is 1.41 bits per heavy atom. The molecule has 0 unspecified atom stereocenters.